The fourth-order valence-corrected chi connectivity index (χ4v) is 2.46. The van der Waals surface area contributed by atoms with Crippen LogP contribution in [0, 0.1) is 5.92 Å². The molecule has 0 aromatic rings. The van der Waals surface area contributed by atoms with Crippen LogP contribution >= 0.6 is 0 Å². The highest BCUT2D eigenvalue weighted by molar-refractivity contribution is 4.74. The van der Waals surface area contributed by atoms with Crippen LogP contribution in [0.5, 0.6) is 0 Å². The van der Waals surface area contributed by atoms with Gasteiger partial charge in [-0.2, -0.15) is 0 Å². The number of hydrogen-bond donors (Lipinski definition) is 1. The molecule has 0 radical (unpaired) electrons. The Labute approximate surface area is 113 Å². The summed E-state index contributed by atoms with van der Waals surface area (Å²) < 4.78 is 5.80. The predicted molar refractivity (Wildman–Crippen MR) is 78.0 cm³/mol. The van der Waals surface area contributed by atoms with Crippen molar-refractivity contribution in [1.29, 1.82) is 0 Å². The van der Waals surface area contributed by atoms with Gasteiger partial charge < -0.3 is 10.1 Å². The standard InChI is InChI=1S/C15H32N2O/c1-5-17-9-10-18-15(12-17)11-16-14(4)8-6-7-13(2)3/h13-16H,5-12H2,1-4H3. The van der Waals surface area contributed by atoms with Crippen LogP contribution in [0.15, 0.2) is 0 Å². The van der Waals surface area contributed by atoms with Crippen LogP contribution < -0.4 is 5.32 Å². The predicted octanol–water partition coefficient (Wildman–Crippen LogP) is 2.51. The van der Waals surface area contributed by atoms with Crippen LogP contribution in [-0.2, 0) is 4.74 Å². The number of likely N-dealkylation sites (N-methyl/N-ethyl adjacent to an activating group) is 1. The maximum atomic E-state index is 5.80. The molecule has 0 aromatic heterocycles. The van der Waals surface area contributed by atoms with Crippen LogP contribution in [0.4, 0.5) is 0 Å². The normalized spacial score (nSPS) is 23.5. The Morgan fingerprint density at radius 2 is 2.06 bits per heavy atom. The van der Waals surface area contributed by atoms with Gasteiger partial charge in [0.15, 0.2) is 0 Å². The third-order valence-electron chi connectivity index (χ3n) is 3.78. The van der Waals surface area contributed by atoms with E-state index in [0.717, 1.165) is 38.7 Å². The van der Waals surface area contributed by atoms with E-state index in [9.17, 15) is 0 Å². The number of ether oxygens (including phenoxy) is 1. The van der Waals surface area contributed by atoms with Crippen molar-refractivity contribution in [3.8, 4) is 0 Å². The van der Waals surface area contributed by atoms with Gasteiger partial charge in [0.05, 0.1) is 12.7 Å². The smallest absolute Gasteiger partial charge is 0.0826 e. The fraction of sp³-hybridized carbons (Fsp3) is 1.00. The molecule has 18 heavy (non-hydrogen) atoms. The summed E-state index contributed by atoms with van der Waals surface area (Å²) in [6.45, 7) is 14.3. The first-order valence-electron chi connectivity index (χ1n) is 7.69. The van der Waals surface area contributed by atoms with Crippen molar-refractivity contribution in [3.05, 3.63) is 0 Å². The van der Waals surface area contributed by atoms with Crippen molar-refractivity contribution in [2.45, 2.75) is 59.1 Å². The highest BCUT2D eigenvalue weighted by Crippen LogP contribution is 2.09. The topological polar surface area (TPSA) is 24.5 Å². The second-order valence-electron chi connectivity index (χ2n) is 6.02. The summed E-state index contributed by atoms with van der Waals surface area (Å²) in [7, 11) is 0. The van der Waals surface area contributed by atoms with Crippen molar-refractivity contribution >= 4 is 0 Å². The molecule has 1 aliphatic heterocycles. The molecule has 3 nitrogen and oxygen atoms in total. The van der Waals surface area contributed by atoms with Crippen molar-refractivity contribution < 1.29 is 4.74 Å². The molecule has 0 amide bonds. The number of hydrogen-bond acceptors (Lipinski definition) is 3. The lowest BCUT2D eigenvalue weighted by Gasteiger charge is -2.32. The van der Waals surface area contributed by atoms with Crippen molar-refractivity contribution in [2.75, 3.05) is 32.8 Å². The Bertz CT molecular complexity index is 209. The van der Waals surface area contributed by atoms with Gasteiger partial charge in [-0.3, -0.25) is 4.90 Å². The summed E-state index contributed by atoms with van der Waals surface area (Å²) in [5, 5.41) is 3.62. The van der Waals surface area contributed by atoms with E-state index in [4.69, 9.17) is 4.74 Å². The van der Waals surface area contributed by atoms with Gasteiger partial charge in [0, 0.05) is 25.7 Å². The molecular formula is C15H32N2O. The first-order chi connectivity index (χ1) is 8.61. The summed E-state index contributed by atoms with van der Waals surface area (Å²) in [5.41, 5.74) is 0. The molecule has 1 aliphatic rings. The average Bonchev–Trinajstić information content (AvgIpc) is 2.36. The monoisotopic (exact) mass is 256 g/mol. The number of morpholine rings is 1. The molecule has 1 N–H and O–H groups in total. The molecule has 0 spiro atoms. The van der Waals surface area contributed by atoms with Gasteiger partial charge in [0.2, 0.25) is 0 Å². The van der Waals surface area contributed by atoms with Crippen LogP contribution in [0.1, 0.15) is 47.0 Å². The van der Waals surface area contributed by atoms with Crippen molar-refractivity contribution in [3.63, 3.8) is 0 Å². The van der Waals surface area contributed by atoms with E-state index in [1.807, 2.05) is 0 Å². The van der Waals surface area contributed by atoms with Crippen LogP contribution in [0.3, 0.4) is 0 Å². The summed E-state index contributed by atoms with van der Waals surface area (Å²) in [5.74, 6) is 0.831. The zero-order valence-electron chi connectivity index (χ0n) is 12.7. The minimum atomic E-state index is 0.381. The molecule has 1 heterocycles. The van der Waals surface area contributed by atoms with E-state index in [0.29, 0.717) is 12.1 Å². The number of rotatable bonds is 8. The fourth-order valence-electron chi connectivity index (χ4n) is 2.46. The Morgan fingerprint density at radius 3 is 2.72 bits per heavy atom. The molecule has 1 fully saturated rings. The molecule has 0 saturated carbocycles. The van der Waals surface area contributed by atoms with Crippen LogP contribution in [-0.4, -0.2) is 49.8 Å². The minimum absolute atomic E-state index is 0.381. The van der Waals surface area contributed by atoms with E-state index in [1.165, 1.54) is 19.3 Å². The van der Waals surface area contributed by atoms with E-state index in [-0.39, 0.29) is 0 Å². The largest absolute Gasteiger partial charge is 0.374 e. The quantitative estimate of drug-likeness (QED) is 0.722. The molecule has 0 aromatic carbocycles. The summed E-state index contributed by atoms with van der Waals surface area (Å²) in [6.07, 6.45) is 4.34. The SMILES string of the molecule is CCN1CCOC(CNC(C)CCCC(C)C)C1. The second-order valence-corrected chi connectivity index (χ2v) is 6.02. The Kier molecular flexibility index (Phi) is 7.87. The lowest BCUT2D eigenvalue weighted by molar-refractivity contribution is -0.0262. The third-order valence-corrected chi connectivity index (χ3v) is 3.78. The van der Waals surface area contributed by atoms with Crippen LogP contribution in [0.25, 0.3) is 0 Å². The zero-order chi connectivity index (χ0) is 13.4. The van der Waals surface area contributed by atoms with E-state index < -0.39 is 0 Å². The maximum absolute atomic E-state index is 5.80. The Morgan fingerprint density at radius 1 is 1.28 bits per heavy atom. The number of nitrogens with one attached hydrogen (secondary N) is 1. The lowest BCUT2D eigenvalue weighted by atomic mass is 10.0. The minimum Gasteiger partial charge on any atom is -0.374 e. The maximum Gasteiger partial charge on any atom is 0.0826 e. The first-order valence-corrected chi connectivity index (χ1v) is 7.69. The summed E-state index contributed by atoms with van der Waals surface area (Å²) in [6, 6.07) is 0.615. The summed E-state index contributed by atoms with van der Waals surface area (Å²) in [4.78, 5) is 2.47. The zero-order valence-corrected chi connectivity index (χ0v) is 12.7. The third kappa shape index (κ3) is 6.72. The molecular weight excluding hydrogens is 224 g/mol. The van der Waals surface area contributed by atoms with Gasteiger partial charge >= 0.3 is 0 Å². The lowest BCUT2D eigenvalue weighted by Crippen LogP contribution is -2.47. The molecule has 1 saturated heterocycles. The number of nitrogens with zero attached hydrogens (tertiary/aromatic N) is 1. The van der Waals surface area contributed by atoms with Gasteiger partial charge in [0.25, 0.3) is 0 Å². The first kappa shape index (κ1) is 15.9. The van der Waals surface area contributed by atoms with E-state index in [1.54, 1.807) is 0 Å². The van der Waals surface area contributed by atoms with E-state index in [2.05, 4.69) is 37.9 Å². The van der Waals surface area contributed by atoms with E-state index >= 15 is 0 Å². The average molecular weight is 256 g/mol. The van der Waals surface area contributed by atoms with Crippen molar-refractivity contribution in [2.24, 2.45) is 5.92 Å². The Balaban J connectivity index is 2.08. The van der Waals surface area contributed by atoms with Gasteiger partial charge in [-0.1, -0.05) is 33.6 Å². The van der Waals surface area contributed by atoms with Crippen molar-refractivity contribution in [1.82, 2.24) is 10.2 Å². The molecule has 108 valence electrons. The molecule has 3 heteroatoms. The van der Waals surface area contributed by atoms with Gasteiger partial charge in [-0.15, -0.1) is 0 Å². The second kappa shape index (κ2) is 8.89. The van der Waals surface area contributed by atoms with Crippen LogP contribution in [0.2, 0.25) is 0 Å². The van der Waals surface area contributed by atoms with Gasteiger partial charge in [0.1, 0.15) is 0 Å². The molecule has 2 unspecified atom stereocenters. The summed E-state index contributed by atoms with van der Waals surface area (Å²) >= 11 is 0. The van der Waals surface area contributed by atoms with Gasteiger partial charge in [-0.25, -0.2) is 0 Å². The molecule has 0 aliphatic carbocycles. The van der Waals surface area contributed by atoms with Gasteiger partial charge in [-0.05, 0) is 25.8 Å². The highest BCUT2D eigenvalue weighted by atomic mass is 16.5. The molecule has 0 bridgehead atoms. The molecule has 2 atom stereocenters. The Hall–Kier alpha value is -0.120. The molecule has 1 rings (SSSR count). The highest BCUT2D eigenvalue weighted by Gasteiger charge is 2.19.